The van der Waals surface area contributed by atoms with Crippen molar-refractivity contribution in [3.8, 4) is 0 Å². The number of likely N-dealkylation sites (N-methyl/N-ethyl adjacent to an activating group) is 1. The van der Waals surface area contributed by atoms with Crippen LogP contribution in [0.5, 0.6) is 0 Å². The normalized spacial score (nSPS) is 23.5. The number of hydrogen-bond donors (Lipinski definition) is 0. The van der Waals surface area contributed by atoms with Crippen LogP contribution in [0.4, 0.5) is 4.79 Å². The van der Waals surface area contributed by atoms with E-state index >= 15 is 0 Å². The number of nitrogens with zero attached hydrogens (tertiary/aromatic N) is 4. The molecule has 0 aliphatic carbocycles. The molecule has 0 bridgehead atoms. The van der Waals surface area contributed by atoms with Crippen molar-refractivity contribution in [3.63, 3.8) is 0 Å². The largest absolute Gasteiger partial charge is 0.441 e. The molecule has 0 radical (unpaired) electrons. The lowest BCUT2D eigenvalue weighted by Crippen LogP contribution is -2.48. The van der Waals surface area contributed by atoms with Crippen LogP contribution in [-0.2, 0) is 11.3 Å². The highest BCUT2D eigenvalue weighted by molar-refractivity contribution is 7.13. The van der Waals surface area contributed by atoms with Gasteiger partial charge in [-0.05, 0) is 25.9 Å². The molecule has 0 N–H and O–H groups in total. The molecule has 8 heteroatoms. The molecular formula is C17H24N4O3S. The Balaban J connectivity index is 1.34. The molecule has 136 valence electrons. The molecule has 0 saturated carbocycles. The summed E-state index contributed by atoms with van der Waals surface area (Å²) in [5, 5.41) is 1.02. The lowest BCUT2D eigenvalue weighted by Gasteiger charge is -2.37. The monoisotopic (exact) mass is 364 g/mol. The van der Waals surface area contributed by atoms with E-state index in [-0.39, 0.29) is 12.0 Å². The molecule has 0 unspecified atom stereocenters. The second kappa shape index (κ2) is 6.57. The molecule has 0 atom stereocenters. The maximum Gasteiger partial charge on any atom is 0.410 e. The molecule has 1 aromatic rings. The molecule has 3 aliphatic rings. The molecule has 0 aromatic carbocycles. The van der Waals surface area contributed by atoms with Gasteiger partial charge in [-0.15, -0.1) is 11.3 Å². The maximum absolute atomic E-state index is 12.7. The van der Waals surface area contributed by atoms with E-state index in [0.717, 1.165) is 24.6 Å². The van der Waals surface area contributed by atoms with Crippen molar-refractivity contribution in [2.24, 2.45) is 0 Å². The van der Waals surface area contributed by atoms with E-state index < -0.39 is 5.60 Å². The molecule has 1 spiro atoms. The van der Waals surface area contributed by atoms with E-state index in [4.69, 9.17) is 4.74 Å². The zero-order chi connectivity index (χ0) is 17.4. The smallest absolute Gasteiger partial charge is 0.410 e. The van der Waals surface area contributed by atoms with Crippen LogP contribution in [0.3, 0.4) is 0 Å². The van der Waals surface area contributed by atoms with Crippen LogP contribution in [0.25, 0.3) is 0 Å². The molecule has 3 saturated heterocycles. The molecule has 2 amide bonds. The Morgan fingerprint density at radius 2 is 2.00 bits per heavy atom. The summed E-state index contributed by atoms with van der Waals surface area (Å²) in [7, 11) is 1.76. The first-order valence-corrected chi connectivity index (χ1v) is 9.77. The first-order chi connectivity index (χ1) is 12.0. The number of hydrogen-bond acceptors (Lipinski definition) is 6. The van der Waals surface area contributed by atoms with Gasteiger partial charge < -0.3 is 14.5 Å². The SMILES string of the molecule is CN1CC2(CCN(C(=O)c3cnc(CN4CCCC4)s3)CC2)OC1=O. The molecular weight excluding hydrogens is 340 g/mol. The standard InChI is InChI=1S/C17H24N4O3S/c1-19-12-17(24-16(19)23)4-8-21(9-5-17)15(22)13-10-18-14(25-13)11-20-6-2-3-7-20/h10H,2-9,11-12H2,1H3. The van der Waals surface area contributed by atoms with Crippen molar-refractivity contribution in [1.82, 2.24) is 19.7 Å². The second-order valence-corrected chi connectivity index (χ2v) is 8.42. The second-order valence-electron chi connectivity index (χ2n) is 7.30. The average Bonchev–Trinajstić information content (AvgIpc) is 3.31. The first kappa shape index (κ1) is 16.8. The predicted molar refractivity (Wildman–Crippen MR) is 93.6 cm³/mol. The highest BCUT2D eigenvalue weighted by atomic mass is 32.1. The summed E-state index contributed by atoms with van der Waals surface area (Å²) in [5.74, 6) is 0.0534. The summed E-state index contributed by atoms with van der Waals surface area (Å²) in [6, 6.07) is 0. The number of carbonyl (C=O) groups is 2. The van der Waals surface area contributed by atoms with Crippen LogP contribution in [0, 0.1) is 0 Å². The van der Waals surface area contributed by atoms with Gasteiger partial charge >= 0.3 is 6.09 Å². The summed E-state index contributed by atoms with van der Waals surface area (Å²) in [6.45, 7) is 4.98. The third-order valence-electron chi connectivity index (χ3n) is 5.42. The molecule has 7 nitrogen and oxygen atoms in total. The predicted octanol–water partition coefficient (Wildman–Crippen LogP) is 1.80. The van der Waals surface area contributed by atoms with Gasteiger partial charge in [-0.2, -0.15) is 0 Å². The lowest BCUT2D eigenvalue weighted by atomic mass is 9.91. The van der Waals surface area contributed by atoms with Gasteiger partial charge in [0.05, 0.1) is 19.3 Å². The molecule has 4 rings (SSSR count). The van der Waals surface area contributed by atoms with Crippen LogP contribution >= 0.6 is 11.3 Å². The van der Waals surface area contributed by atoms with Gasteiger partial charge in [0.25, 0.3) is 5.91 Å². The number of ether oxygens (including phenoxy) is 1. The number of thiazole rings is 1. The summed E-state index contributed by atoms with van der Waals surface area (Å²) < 4.78 is 5.55. The zero-order valence-corrected chi connectivity index (χ0v) is 15.4. The highest BCUT2D eigenvalue weighted by Gasteiger charge is 2.46. The molecule has 3 aliphatic heterocycles. The fraction of sp³-hybridized carbons (Fsp3) is 0.706. The zero-order valence-electron chi connectivity index (χ0n) is 14.6. The van der Waals surface area contributed by atoms with Crippen LogP contribution < -0.4 is 0 Å². The van der Waals surface area contributed by atoms with Gasteiger partial charge in [0.1, 0.15) is 15.5 Å². The lowest BCUT2D eigenvalue weighted by molar-refractivity contribution is 0.00331. The van der Waals surface area contributed by atoms with E-state index in [2.05, 4.69) is 9.88 Å². The summed E-state index contributed by atoms with van der Waals surface area (Å²) >= 11 is 1.51. The minimum atomic E-state index is -0.406. The number of piperidine rings is 1. The highest BCUT2D eigenvalue weighted by Crippen LogP contribution is 2.33. The van der Waals surface area contributed by atoms with Crippen molar-refractivity contribution in [2.75, 3.05) is 39.8 Å². The van der Waals surface area contributed by atoms with Gasteiger partial charge in [0.2, 0.25) is 0 Å². The first-order valence-electron chi connectivity index (χ1n) is 8.95. The van der Waals surface area contributed by atoms with Crippen molar-refractivity contribution < 1.29 is 14.3 Å². The summed E-state index contributed by atoms with van der Waals surface area (Å²) in [4.78, 5) is 35.4. The molecule has 25 heavy (non-hydrogen) atoms. The number of rotatable bonds is 3. The Kier molecular flexibility index (Phi) is 4.41. The minimum absolute atomic E-state index is 0.0534. The summed E-state index contributed by atoms with van der Waals surface area (Å²) in [6.07, 6.45) is 5.38. The van der Waals surface area contributed by atoms with Crippen molar-refractivity contribution in [1.29, 1.82) is 0 Å². The molecule has 1 aromatic heterocycles. The van der Waals surface area contributed by atoms with Crippen LogP contribution in [0.1, 0.15) is 40.4 Å². The van der Waals surface area contributed by atoms with Crippen molar-refractivity contribution in [3.05, 3.63) is 16.1 Å². The Morgan fingerprint density at radius 3 is 2.64 bits per heavy atom. The van der Waals surface area contributed by atoms with Crippen molar-refractivity contribution >= 4 is 23.3 Å². The van der Waals surface area contributed by atoms with Gasteiger partial charge in [-0.3, -0.25) is 9.69 Å². The van der Waals surface area contributed by atoms with Gasteiger partial charge in [-0.25, -0.2) is 9.78 Å². The maximum atomic E-state index is 12.7. The topological polar surface area (TPSA) is 66.0 Å². The van der Waals surface area contributed by atoms with Crippen LogP contribution in [0.15, 0.2) is 6.20 Å². The molecule has 4 heterocycles. The van der Waals surface area contributed by atoms with Crippen molar-refractivity contribution in [2.45, 2.75) is 37.8 Å². The minimum Gasteiger partial charge on any atom is -0.441 e. The third kappa shape index (κ3) is 3.37. The van der Waals surface area contributed by atoms with E-state index in [1.807, 2.05) is 4.90 Å². The summed E-state index contributed by atoms with van der Waals surface area (Å²) in [5.41, 5.74) is -0.406. The van der Waals surface area contributed by atoms with Crippen LogP contribution in [0.2, 0.25) is 0 Å². The number of amides is 2. The van der Waals surface area contributed by atoms with Gasteiger partial charge in [-0.1, -0.05) is 0 Å². The Labute approximate surface area is 151 Å². The third-order valence-corrected chi connectivity index (χ3v) is 6.39. The fourth-order valence-electron chi connectivity index (χ4n) is 3.94. The van der Waals surface area contributed by atoms with E-state index in [9.17, 15) is 9.59 Å². The van der Waals surface area contributed by atoms with E-state index in [1.54, 1.807) is 18.1 Å². The van der Waals surface area contributed by atoms with E-state index in [1.165, 1.54) is 24.2 Å². The molecule has 3 fully saturated rings. The Bertz CT molecular complexity index is 663. The number of likely N-dealkylation sites (tertiary alicyclic amines) is 2. The van der Waals surface area contributed by atoms with E-state index in [0.29, 0.717) is 37.4 Å². The van der Waals surface area contributed by atoms with Crippen LogP contribution in [-0.4, -0.2) is 77.1 Å². The Morgan fingerprint density at radius 1 is 1.28 bits per heavy atom. The quantitative estimate of drug-likeness (QED) is 0.818. The number of aromatic nitrogens is 1. The Hall–Kier alpha value is -1.67. The number of carbonyl (C=O) groups excluding carboxylic acids is 2. The van der Waals surface area contributed by atoms with Gasteiger partial charge in [0, 0.05) is 33.0 Å². The van der Waals surface area contributed by atoms with Gasteiger partial charge in [0.15, 0.2) is 0 Å². The average molecular weight is 364 g/mol. The fourth-order valence-corrected chi connectivity index (χ4v) is 4.87.